The molecule has 11 heavy (non-hydrogen) atoms. The number of carbonyl (C=O) groups is 1. The molecule has 0 aromatic carbocycles. The molecule has 0 unspecified atom stereocenters. The average Bonchev–Trinajstić information content (AvgIpc) is 2.01. The lowest BCUT2D eigenvalue weighted by atomic mass is 10.3. The van der Waals surface area contributed by atoms with E-state index < -0.39 is 6.09 Å². The first kappa shape index (κ1) is 10.0. The number of alkyl carbamates (subject to hydrolysis) is 1. The molecule has 0 bridgehead atoms. The van der Waals surface area contributed by atoms with Crippen molar-refractivity contribution in [3.05, 3.63) is 19.6 Å². The van der Waals surface area contributed by atoms with Crippen LogP contribution in [0.3, 0.4) is 0 Å². The van der Waals surface area contributed by atoms with Crippen molar-refractivity contribution in [1.82, 2.24) is 5.32 Å². The van der Waals surface area contributed by atoms with Crippen molar-refractivity contribution in [2.45, 2.75) is 12.8 Å². The Hall–Kier alpha value is -0.990. The normalized spacial score (nSPS) is 8.82. The molecule has 0 heterocycles. The Bertz CT molecular complexity index is 123. The minimum atomic E-state index is -0.390. The maximum Gasteiger partial charge on any atom is 0.407 e. The summed E-state index contributed by atoms with van der Waals surface area (Å²) in [7, 11) is 0. The highest BCUT2D eigenvalue weighted by Gasteiger charge is 1.96. The molecule has 0 fully saturated rings. The Balaban J connectivity index is 3.15. The van der Waals surface area contributed by atoms with Gasteiger partial charge in [-0.15, -0.1) is 0 Å². The lowest BCUT2D eigenvalue weighted by molar-refractivity contribution is 0.158. The van der Waals surface area contributed by atoms with Crippen LogP contribution in [-0.4, -0.2) is 19.2 Å². The lowest BCUT2D eigenvalue weighted by Gasteiger charge is -2.02. The van der Waals surface area contributed by atoms with E-state index in [9.17, 15) is 4.79 Å². The molecule has 0 spiro atoms. The van der Waals surface area contributed by atoms with Gasteiger partial charge in [-0.05, 0) is 6.42 Å². The number of ether oxygens (including phenoxy) is 1. The zero-order chi connectivity index (χ0) is 8.53. The van der Waals surface area contributed by atoms with Crippen LogP contribution in [0.25, 0.3) is 0 Å². The maximum atomic E-state index is 10.7. The molecule has 1 amide bonds. The molecule has 3 nitrogen and oxygen atoms in total. The van der Waals surface area contributed by atoms with Gasteiger partial charge in [-0.1, -0.05) is 26.0 Å². The minimum absolute atomic E-state index is 0.260. The highest BCUT2D eigenvalue weighted by atomic mass is 16.5. The monoisotopic (exact) mass is 156 g/mol. The zero-order valence-electron chi connectivity index (χ0n) is 6.64. The second-order valence-electron chi connectivity index (χ2n) is 2.02. The molecular formula is C8H14NO2. The molecule has 0 aliphatic rings. The highest BCUT2D eigenvalue weighted by Crippen LogP contribution is 1.83. The summed E-state index contributed by atoms with van der Waals surface area (Å²) in [6.45, 7) is 7.94. The zero-order valence-corrected chi connectivity index (χ0v) is 6.64. The Labute approximate surface area is 67.4 Å². The molecule has 0 rings (SSSR count). The van der Waals surface area contributed by atoms with Gasteiger partial charge in [-0.2, -0.15) is 0 Å². The fraction of sp³-hybridized carbons (Fsp3) is 0.500. The largest absolute Gasteiger partial charge is 0.445 e. The van der Waals surface area contributed by atoms with Crippen LogP contribution in [0.4, 0.5) is 4.79 Å². The van der Waals surface area contributed by atoms with Gasteiger partial charge in [0.2, 0.25) is 0 Å². The van der Waals surface area contributed by atoms with Crippen LogP contribution in [-0.2, 0) is 4.74 Å². The van der Waals surface area contributed by atoms with Crippen molar-refractivity contribution in [2.75, 3.05) is 13.2 Å². The van der Waals surface area contributed by atoms with Crippen LogP contribution < -0.4 is 5.32 Å². The Morgan fingerprint density at radius 1 is 1.64 bits per heavy atom. The topological polar surface area (TPSA) is 38.3 Å². The third-order valence-electron chi connectivity index (χ3n) is 1.03. The van der Waals surface area contributed by atoms with E-state index in [0.717, 1.165) is 12.8 Å². The van der Waals surface area contributed by atoms with Gasteiger partial charge >= 0.3 is 6.09 Å². The third kappa shape index (κ3) is 6.90. The van der Waals surface area contributed by atoms with Gasteiger partial charge in [0, 0.05) is 6.54 Å². The van der Waals surface area contributed by atoms with Gasteiger partial charge in [0.15, 0.2) is 0 Å². The summed E-state index contributed by atoms with van der Waals surface area (Å²) in [5.74, 6) is 0. The molecule has 0 aromatic rings. The quantitative estimate of drug-likeness (QED) is 0.484. The fourth-order valence-corrected chi connectivity index (χ4v) is 0.501. The van der Waals surface area contributed by atoms with Gasteiger partial charge in [0.05, 0.1) is 0 Å². The SMILES string of the molecule is [CH2]CCCNC(=O)OCC=C. The molecule has 1 N–H and O–H groups in total. The van der Waals surface area contributed by atoms with Gasteiger partial charge in [-0.25, -0.2) is 4.79 Å². The first-order valence-corrected chi connectivity index (χ1v) is 3.62. The summed E-state index contributed by atoms with van der Waals surface area (Å²) >= 11 is 0. The van der Waals surface area contributed by atoms with E-state index in [0.29, 0.717) is 6.54 Å². The number of rotatable bonds is 5. The van der Waals surface area contributed by atoms with E-state index in [4.69, 9.17) is 0 Å². The van der Waals surface area contributed by atoms with Gasteiger partial charge in [0.1, 0.15) is 6.61 Å². The van der Waals surface area contributed by atoms with Crippen molar-refractivity contribution < 1.29 is 9.53 Å². The predicted octanol–water partition coefficient (Wildman–Crippen LogP) is 1.51. The Morgan fingerprint density at radius 3 is 2.91 bits per heavy atom. The second kappa shape index (κ2) is 7.12. The second-order valence-corrected chi connectivity index (χ2v) is 2.02. The highest BCUT2D eigenvalue weighted by molar-refractivity contribution is 5.67. The van der Waals surface area contributed by atoms with Crippen LogP contribution >= 0.6 is 0 Å². The van der Waals surface area contributed by atoms with E-state index in [1.807, 2.05) is 0 Å². The summed E-state index contributed by atoms with van der Waals surface area (Å²) < 4.78 is 4.65. The summed E-state index contributed by atoms with van der Waals surface area (Å²) in [6, 6.07) is 0. The molecule has 0 aromatic heterocycles. The maximum absolute atomic E-state index is 10.7. The van der Waals surface area contributed by atoms with Crippen LogP contribution in [0.2, 0.25) is 0 Å². The summed E-state index contributed by atoms with van der Waals surface area (Å²) in [5, 5.41) is 2.57. The number of hydrogen-bond acceptors (Lipinski definition) is 2. The Morgan fingerprint density at radius 2 is 2.36 bits per heavy atom. The first-order chi connectivity index (χ1) is 5.31. The summed E-state index contributed by atoms with van der Waals surface area (Å²) in [4.78, 5) is 10.7. The number of hydrogen-bond donors (Lipinski definition) is 1. The number of amides is 1. The molecule has 63 valence electrons. The molecule has 0 saturated heterocycles. The minimum Gasteiger partial charge on any atom is -0.445 e. The molecule has 3 heteroatoms. The standard InChI is InChI=1S/C8H14NO2/c1-3-5-6-9-8(10)11-7-4-2/h4H,1-3,5-7H2,(H,9,10). The number of unbranched alkanes of at least 4 members (excludes halogenated alkanes) is 1. The molecule has 0 aliphatic carbocycles. The van der Waals surface area contributed by atoms with Crippen LogP contribution in [0.5, 0.6) is 0 Å². The average molecular weight is 156 g/mol. The molecule has 1 radical (unpaired) electrons. The molecule has 0 atom stereocenters. The predicted molar refractivity (Wildman–Crippen MR) is 44.1 cm³/mol. The first-order valence-electron chi connectivity index (χ1n) is 3.62. The molecule has 0 aliphatic heterocycles. The van der Waals surface area contributed by atoms with E-state index in [1.165, 1.54) is 6.08 Å². The van der Waals surface area contributed by atoms with E-state index in [1.54, 1.807) is 0 Å². The van der Waals surface area contributed by atoms with Gasteiger partial charge < -0.3 is 10.1 Å². The van der Waals surface area contributed by atoms with Crippen molar-refractivity contribution in [3.63, 3.8) is 0 Å². The van der Waals surface area contributed by atoms with Crippen molar-refractivity contribution in [2.24, 2.45) is 0 Å². The molecular weight excluding hydrogens is 142 g/mol. The third-order valence-corrected chi connectivity index (χ3v) is 1.03. The van der Waals surface area contributed by atoms with E-state index in [2.05, 4.69) is 23.6 Å². The molecule has 0 saturated carbocycles. The number of nitrogens with one attached hydrogen (secondary N) is 1. The Kier molecular flexibility index (Phi) is 6.48. The van der Waals surface area contributed by atoms with E-state index >= 15 is 0 Å². The summed E-state index contributed by atoms with van der Waals surface area (Å²) in [5.41, 5.74) is 0. The van der Waals surface area contributed by atoms with Crippen LogP contribution in [0, 0.1) is 6.92 Å². The smallest absolute Gasteiger partial charge is 0.407 e. The lowest BCUT2D eigenvalue weighted by Crippen LogP contribution is -2.25. The van der Waals surface area contributed by atoms with E-state index in [-0.39, 0.29) is 6.61 Å². The van der Waals surface area contributed by atoms with Crippen molar-refractivity contribution in [3.8, 4) is 0 Å². The van der Waals surface area contributed by atoms with Gasteiger partial charge in [-0.3, -0.25) is 0 Å². The van der Waals surface area contributed by atoms with Crippen LogP contribution in [0.1, 0.15) is 12.8 Å². The van der Waals surface area contributed by atoms with Crippen molar-refractivity contribution >= 4 is 6.09 Å². The fourth-order valence-electron chi connectivity index (χ4n) is 0.501. The van der Waals surface area contributed by atoms with Gasteiger partial charge in [0.25, 0.3) is 0 Å². The number of carbonyl (C=O) groups excluding carboxylic acids is 1. The summed E-state index contributed by atoms with van der Waals surface area (Å²) in [6.07, 6.45) is 2.84. The van der Waals surface area contributed by atoms with Crippen molar-refractivity contribution in [1.29, 1.82) is 0 Å². The van der Waals surface area contributed by atoms with Crippen LogP contribution in [0.15, 0.2) is 12.7 Å².